The van der Waals surface area contributed by atoms with Crippen LogP contribution in [0.2, 0.25) is 5.02 Å². The molecule has 314 valence electrons. The number of anilines is 2. The number of ether oxygens (including phenoxy) is 1. The number of halogens is 2. The van der Waals surface area contributed by atoms with Gasteiger partial charge in [-0.3, -0.25) is 34.2 Å². The summed E-state index contributed by atoms with van der Waals surface area (Å²) in [6.45, 7) is 13.2. The largest absolute Gasteiger partial charge is 0.490 e. The van der Waals surface area contributed by atoms with Crippen LogP contribution in [-0.4, -0.2) is 114 Å². The maximum atomic E-state index is 15.5. The fourth-order valence-corrected chi connectivity index (χ4v) is 10.7. The van der Waals surface area contributed by atoms with Crippen LogP contribution in [0.25, 0.3) is 4.85 Å². The molecule has 2 N–H and O–H groups in total. The lowest BCUT2D eigenvalue weighted by Gasteiger charge is -2.54. The molecule has 5 fully saturated rings. The van der Waals surface area contributed by atoms with E-state index in [0.717, 1.165) is 100 Å². The Bertz CT molecular complexity index is 2270. The van der Waals surface area contributed by atoms with E-state index in [1.54, 1.807) is 18.2 Å². The number of likely N-dealkylation sites (tertiary alicyclic amines) is 1. The number of carbonyl (C=O) groups is 5. The molecule has 4 saturated heterocycles. The van der Waals surface area contributed by atoms with Gasteiger partial charge in [-0.2, -0.15) is 0 Å². The number of imide groups is 2. The fraction of sp³-hybridized carbons (Fsp3) is 0.524. The molecule has 18 heteroatoms. The molecule has 1 atom stereocenters. The Hall–Kier alpha value is -5.18. The predicted molar refractivity (Wildman–Crippen MR) is 220 cm³/mol. The number of benzene rings is 2. The van der Waals surface area contributed by atoms with Crippen molar-refractivity contribution in [1.82, 2.24) is 30.6 Å². The fourth-order valence-electron chi connectivity index (χ4n) is 9.72. The summed E-state index contributed by atoms with van der Waals surface area (Å²) in [5, 5.41) is 15.5. The van der Waals surface area contributed by atoms with Crippen LogP contribution in [0.15, 0.2) is 30.3 Å². The first-order chi connectivity index (χ1) is 29.0. The number of piperidine rings is 3. The number of nitrogens with one attached hydrogen (secondary N) is 2. The van der Waals surface area contributed by atoms with Gasteiger partial charge in [-0.25, -0.2) is 9.24 Å². The Kier molecular flexibility index (Phi) is 11.0. The van der Waals surface area contributed by atoms with Gasteiger partial charge in [-0.05, 0) is 101 Å². The lowest BCUT2D eigenvalue weighted by molar-refractivity contribution is -0.136. The number of amides is 5. The Labute approximate surface area is 355 Å². The summed E-state index contributed by atoms with van der Waals surface area (Å²) in [4.78, 5) is 74.6. The topological polar surface area (TPSA) is 162 Å². The van der Waals surface area contributed by atoms with Crippen LogP contribution in [-0.2, 0) is 9.59 Å². The van der Waals surface area contributed by atoms with Gasteiger partial charge in [0.15, 0.2) is 0 Å². The zero-order valence-corrected chi connectivity index (χ0v) is 34.5. The first kappa shape index (κ1) is 40.2. The van der Waals surface area contributed by atoms with Gasteiger partial charge >= 0.3 is 0 Å². The molecule has 1 unspecified atom stereocenters. The van der Waals surface area contributed by atoms with Crippen LogP contribution in [0.3, 0.4) is 0 Å². The van der Waals surface area contributed by atoms with E-state index < -0.39 is 35.5 Å². The van der Waals surface area contributed by atoms with Crippen molar-refractivity contribution in [3.05, 3.63) is 68.7 Å². The zero-order valence-electron chi connectivity index (χ0n) is 33.0. The lowest BCUT2D eigenvalue weighted by atomic mass is 9.72. The summed E-state index contributed by atoms with van der Waals surface area (Å²) in [7, 11) is 0. The maximum absolute atomic E-state index is 15.5. The van der Waals surface area contributed by atoms with Crippen LogP contribution in [0.5, 0.6) is 5.75 Å². The summed E-state index contributed by atoms with van der Waals surface area (Å²) < 4.78 is 21.6. The Morgan fingerprint density at radius 3 is 2.35 bits per heavy atom. The van der Waals surface area contributed by atoms with Crippen molar-refractivity contribution in [2.75, 3.05) is 55.6 Å². The molecule has 6 heterocycles. The molecule has 9 rings (SSSR count). The minimum atomic E-state index is -1.09. The third-order valence-corrected chi connectivity index (χ3v) is 14.5. The van der Waals surface area contributed by atoms with Crippen molar-refractivity contribution in [1.29, 1.82) is 0 Å². The Balaban J connectivity index is 0.696. The molecule has 1 spiro atoms. The van der Waals surface area contributed by atoms with Gasteiger partial charge in [0.1, 0.15) is 17.6 Å². The van der Waals surface area contributed by atoms with Crippen molar-refractivity contribution in [3.63, 3.8) is 0 Å². The molecule has 3 aromatic rings. The highest BCUT2D eigenvalue weighted by Crippen LogP contribution is 2.44. The smallest absolute Gasteiger partial charge is 0.282 e. The van der Waals surface area contributed by atoms with Gasteiger partial charge in [0.25, 0.3) is 17.7 Å². The van der Waals surface area contributed by atoms with Crippen LogP contribution in [0, 0.1) is 23.7 Å². The average Bonchev–Trinajstić information content (AvgIpc) is 3.81. The summed E-state index contributed by atoms with van der Waals surface area (Å²) in [6, 6.07) is 6.61. The van der Waals surface area contributed by atoms with Gasteiger partial charge in [-0.15, -0.1) is 10.2 Å². The Morgan fingerprint density at radius 2 is 1.67 bits per heavy atom. The molecule has 1 aromatic heterocycles. The molecule has 1 aliphatic carbocycles. The highest BCUT2D eigenvalue weighted by atomic mass is 35.5. The first-order valence-electron chi connectivity index (χ1n) is 20.7. The van der Waals surface area contributed by atoms with Crippen LogP contribution in [0.1, 0.15) is 94.7 Å². The Morgan fingerprint density at radius 1 is 0.950 bits per heavy atom. The zero-order chi connectivity index (χ0) is 41.7. The summed E-state index contributed by atoms with van der Waals surface area (Å²) in [5.74, 6) is -2.16. The number of rotatable bonds is 9. The van der Waals surface area contributed by atoms with Crippen LogP contribution in [0.4, 0.5) is 20.9 Å². The van der Waals surface area contributed by atoms with Gasteiger partial charge < -0.3 is 24.8 Å². The quantitative estimate of drug-likeness (QED) is 0.215. The van der Waals surface area contributed by atoms with E-state index in [1.807, 2.05) is 4.90 Å². The highest BCUT2D eigenvalue weighted by Gasteiger charge is 2.47. The van der Waals surface area contributed by atoms with Crippen molar-refractivity contribution in [3.8, 4) is 5.75 Å². The third-order valence-electron chi connectivity index (χ3n) is 13.2. The molecule has 1 saturated carbocycles. The molecule has 5 amide bonds. The first-order valence-corrected chi connectivity index (χ1v) is 21.9. The van der Waals surface area contributed by atoms with Gasteiger partial charge in [0.2, 0.25) is 27.6 Å². The number of hydrogen-bond acceptors (Lipinski definition) is 12. The second kappa shape index (κ2) is 16.4. The predicted octanol–water partition coefficient (Wildman–Crippen LogP) is 5.22. The molecule has 60 heavy (non-hydrogen) atoms. The minimum Gasteiger partial charge on any atom is -0.490 e. The van der Waals surface area contributed by atoms with E-state index in [9.17, 15) is 24.0 Å². The molecule has 15 nitrogen and oxygen atoms in total. The number of hydrogen-bond donors (Lipinski definition) is 2. The number of aromatic nitrogens is 2. The SMILES string of the molecule is [C-]#[N+]c1ccc(OC2CCC(NC(=O)c3nnc(N4CC5(CCN(CC6CCN(c7cc8c(cc7F)C(=O)N(C7CCC(=O)NC7=O)C8=O)CC6)CC5)C4)s3)CC2)cc1Cl. The van der Waals surface area contributed by atoms with Crippen molar-refractivity contribution >= 4 is 69.0 Å². The van der Waals surface area contributed by atoms with E-state index in [2.05, 4.69) is 35.5 Å². The van der Waals surface area contributed by atoms with Crippen molar-refractivity contribution in [2.24, 2.45) is 11.3 Å². The second-order valence-electron chi connectivity index (χ2n) is 17.1. The number of nitrogens with zero attached hydrogens (tertiary/aromatic N) is 7. The van der Waals surface area contributed by atoms with Crippen molar-refractivity contribution < 1.29 is 33.1 Å². The van der Waals surface area contributed by atoms with Crippen LogP contribution >= 0.6 is 22.9 Å². The third kappa shape index (κ3) is 7.92. The number of fused-ring (bicyclic) bond motifs is 1. The molecule has 2 aromatic carbocycles. The molecule has 5 aliphatic heterocycles. The van der Waals surface area contributed by atoms with Gasteiger partial charge in [-0.1, -0.05) is 29.0 Å². The van der Waals surface area contributed by atoms with E-state index in [-0.39, 0.29) is 53.1 Å². The summed E-state index contributed by atoms with van der Waals surface area (Å²) in [5.41, 5.74) is 0.950. The van der Waals surface area contributed by atoms with Gasteiger partial charge in [0, 0.05) is 50.6 Å². The highest BCUT2D eigenvalue weighted by molar-refractivity contribution is 7.17. The van der Waals surface area contributed by atoms with Crippen molar-refractivity contribution in [2.45, 2.75) is 82.4 Å². The standard InChI is InChI=1S/C42H45ClFN9O6S/c1-45-32-7-6-27(18-30(32)43)59-26-4-2-25(3-5-26)46-37(56)38-48-49-41(60-38)52-22-42(23-52)12-16-50(17-13-42)21-24-10-14-51(15-11-24)34-20-29-28(19-31(34)44)39(57)53(40(29)58)33-8-9-35(54)47-36(33)55/h6-7,18-20,24-26,33H,2-5,8-17,21-23H2,(H,46,56)(H,47,54,55). The maximum Gasteiger partial charge on any atom is 0.282 e. The second-order valence-corrected chi connectivity index (χ2v) is 18.4. The normalized spacial score (nSPS) is 24.6. The molecule has 0 bridgehead atoms. The van der Waals surface area contributed by atoms with E-state index in [1.165, 1.54) is 17.4 Å². The molecular formula is C42H45ClFN9O6S. The van der Waals surface area contributed by atoms with Gasteiger partial charge in [0.05, 0.1) is 34.5 Å². The summed E-state index contributed by atoms with van der Waals surface area (Å²) >= 11 is 7.50. The van der Waals surface area contributed by atoms with E-state index >= 15 is 4.39 Å². The van der Waals surface area contributed by atoms with Crippen LogP contribution < -0.4 is 25.2 Å². The molecule has 6 aliphatic rings. The number of carbonyl (C=O) groups excluding carboxylic acids is 5. The minimum absolute atomic E-state index is 0.0208. The molecule has 0 radical (unpaired) electrons. The molecular weight excluding hydrogens is 813 g/mol. The average molecular weight is 858 g/mol. The lowest BCUT2D eigenvalue weighted by Crippen LogP contribution is -2.60. The summed E-state index contributed by atoms with van der Waals surface area (Å²) in [6.07, 6.45) is 7.19. The van der Waals surface area contributed by atoms with E-state index in [0.29, 0.717) is 40.5 Å². The monoisotopic (exact) mass is 857 g/mol. The van der Waals surface area contributed by atoms with E-state index in [4.69, 9.17) is 22.9 Å².